The number of carbonyl (C=O) groups is 4. The summed E-state index contributed by atoms with van der Waals surface area (Å²) in [5.41, 5.74) is 0. The molecular formula is C32H64MoO8. The van der Waals surface area contributed by atoms with Crippen molar-refractivity contribution in [3.8, 4) is 0 Å². The number of unbranched alkanes of at least 4 members (excludes halogenated alkanes) is 4. The molecule has 246 valence electrons. The van der Waals surface area contributed by atoms with Crippen LogP contribution in [0.4, 0.5) is 0 Å². The Kier molecular flexibility index (Phi) is 44.0. The predicted molar refractivity (Wildman–Crippen MR) is 164 cm³/mol. The molecule has 0 aromatic rings. The molecule has 0 amide bonds. The van der Waals surface area contributed by atoms with E-state index < -0.39 is 23.9 Å². The van der Waals surface area contributed by atoms with Crippen molar-refractivity contribution in [3.63, 3.8) is 0 Å². The van der Waals surface area contributed by atoms with Gasteiger partial charge in [-0.2, -0.15) is 0 Å². The van der Waals surface area contributed by atoms with Crippen molar-refractivity contribution < 1.29 is 60.7 Å². The summed E-state index contributed by atoms with van der Waals surface area (Å²) < 4.78 is 0. The van der Waals surface area contributed by atoms with Crippen LogP contribution in [0.25, 0.3) is 0 Å². The Morgan fingerprint density at radius 3 is 0.610 bits per heavy atom. The van der Waals surface area contributed by atoms with E-state index in [0.29, 0.717) is 49.4 Å². The molecule has 41 heavy (non-hydrogen) atoms. The van der Waals surface area contributed by atoms with E-state index in [0.717, 1.165) is 77.0 Å². The average molecular weight is 673 g/mol. The predicted octanol–water partition coefficient (Wildman–Crippen LogP) is 9.15. The van der Waals surface area contributed by atoms with Gasteiger partial charge in [-0.25, -0.2) is 0 Å². The molecule has 0 aliphatic rings. The van der Waals surface area contributed by atoms with Gasteiger partial charge in [-0.05, 0) is 49.4 Å². The number of carboxylic acids is 4. The molecule has 0 aliphatic carbocycles. The molecule has 0 heterocycles. The van der Waals surface area contributed by atoms with Crippen molar-refractivity contribution in [2.24, 2.45) is 23.7 Å². The van der Waals surface area contributed by atoms with Gasteiger partial charge in [0.05, 0.1) is 0 Å². The molecule has 0 radical (unpaired) electrons. The zero-order valence-corrected chi connectivity index (χ0v) is 29.5. The zero-order chi connectivity index (χ0) is 31.9. The third-order valence-corrected chi connectivity index (χ3v) is 5.69. The first-order chi connectivity index (χ1) is 18.5. The first-order valence-corrected chi connectivity index (χ1v) is 15.4. The van der Waals surface area contributed by atoms with Gasteiger partial charge in [-0.15, -0.1) is 0 Å². The molecule has 0 saturated carbocycles. The van der Waals surface area contributed by atoms with E-state index in [1.165, 1.54) is 0 Å². The first-order valence-electron chi connectivity index (χ1n) is 15.4. The van der Waals surface area contributed by atoms with E-state index in [1.807, 2.05) is 0 Å². The van der Waals surface area contributed by atoms with Crippen molar-refractivity contribution in [2.75, 3.05) is 0 Å². The van der Waals surface area contributed by atoms with Gasteiger partial charge in [-0.3, -0.25) is 19.2 Å². The average Bonchev–Trinajstić information content (AvgIpc) is 2.80. The van der Waals surface area contributed by atoms with E-state index in [9.17, 15) is 19.2 Å². The summed E-state index contributed by atoms with van der Waals surface area (Å²) in [6.07, 6.45) is 13.4. The SMILES string of the molecule is CC(C)CCCCC(=O)O.CC(C)CCCCC(=O)O.CC(C)CCCCC(=O)O.CC(C)CCCCC(=O)O.[Mo]. The molecule has 0 unspecified atom stereocenters. The molecule has 0 fully saturated rings. The number of aliphatic carboxylic acids is 4. The maximum atomic E-state index is 10.0. The smallest absolute Gasteiger partial charge is 0.303 e. The van der Waals surface area contributed by atoms with Gasteiger partial charge in [0.1, 0.15) is 0 Å². The Morgan fingerprint density at radius 1 is 0.366 bits per heavy atom. The van der Waals surface area contributed by atoms with Crippen LogP contribution >= 0.6 is 0 Å². The fraction of sp³-hybridized carbons (Fsp3) is 0.875. The van der Waals surface area contributed by atoms with Crippen LogP contribution in [0.2, 0.25) is 0 Å². The van der Waals surface area contributed by atoms with Gasteiger partial charge < -0.3 is 20.4 Å². The third-order valence-electron chi connectivity index (χ3n) is 5.69. The van der Waals surface area contributed by atoms with Crippen LogP contribution in [0.15, 0.2) is 0 Å². The molecule has 0 spiro atoms. The van der Waals surface area contributed by atoms with Gasteiger partial charge in [0.2, 0.25) is 0 Å². The Balaban J connectivity index is -0.000000139. The van der Waals surface area contributed by atoms with Crippen LogP contribution in [0, 0.1) is 23.7 Å². The summed E-state index contributed by atoms with van der Waals surface area (Å²) in [6.45, 7) is 17.2. The van der Waals surface area contributed by atoms with Gasteiger partial charge in [0.15, 0.2) is 0 Å². The first kappa shape index (κ1) is 49.3. The molecule has 0 aromatic carbocycles. The van der Waals surface area contributed by atoms with Crippen LogP contribution in [0.3, 0.4) is 0 Å². The maximum Gasteiger partial charge on any atom is 0.303 e. The number of hydrogen-bond donors (Lipinski definition) is 4. The fourth-order valence-electron chi connectivity index (χ4n) is 3.32. The fourth-order valence-corrected chi connectivity index (χ4v) is 3.32. The zero-order valence-electron chi connectivity index (χ0n) is 27.5. The van der Waals surface area contributed by atoms with Gasteiger partial charge in [0.25, 0.3) is 0 Å². The molecule has 0 bridgehead atoms. The van der Waals surface area contributed by atoms with Crippen molar-refractivity contribution in [1.82, 2.24) is 0 Å². The van der Waals surface area contributed by atoms with E-state index >= 15 is 0 Å². The molecule has 0 saturated heterocycles. The second-order valence-electron chi connectivity index (χ2n) is 12.1. The van der Waals surface area contributed by atoms with Crippen molar-refractivity contribution in [3.05, 3.63) is 0 Å². The molecule has 8 nitrogen and oxygen atoms in total. The Labute approximate surface area is 265 Å². The van der Waals surface area contributed by atoms with Gasteiger partial charge in [-0.1, -0.05) is 107 Å². The van der Waals surface area contributed by atoms with Crippen molar-refractivity contribution in [2.45, 2.75) is 158 Å². The van der Waals surface area contributed by atoms with Crippen molar-refractivity contribution in [1.29, 1.82) is 0 Å². The standard InChI is InChI=1S/4C8H16O2.Mo/c4*1-7(2)5-3-4-6-8(9)10;/h4*7H,3-6H2,1-2H3,(H,9,10);. The summed E-state index contributed by atoms with van der Waals surface area (Å²) in [5, 5.41) is 33.1. The minimum absolute atomic E-state index is 0. The molecular weight excluding hydrogens is 608 g/mol. The molecule has 0 aromatic heterocycles. The van der Waals surface area contributed by atoms with E-state index in [2.05, 4.69) is 55.4 Å². The van der Waals surface area contributed by atoms with Crippen LogP contribution < -0.4 is 0 Å². The Bertz CT molecular complexity index is 501. The second kappa shape index (κ2) is 36.6. The number of hydrogen-bond acceptors (Lipinski definition) is 4. The minimum Gasteiger partial charge on any atom is -0.481 e. The van der Waals surface area contributed by atoms with E-state index in [1.54, 1.807) is 0 Å². The number of carboxylic acid groups (broad SMARTS) is 4. The normalized spacial score (nSPS) is 10.0. The van der Waals surface area contributed by atoms with Crippen LogP contribution in [0.5, 0.6) is 0 Å². The van der Waals surface area contributed by atoms with Crippen LogP contribution in [-0.4, -0.2) is 44.3 Å². The molecule has 4 N–H and O–H groups in total. The quantitative estimate of drug-likeness (QED) is 0.0739. The molecule has 0 rings (SSSR count). The third kappa shape index (κ3) is 73.1. The summed E-state index contributed by atoms with van der Waals surface area (Å²) in [7, 11) is 0. The molecule has 9 heteroatoms. The van der Waals surface area contributed by atoms with Crippen molar-refractivity contribution >= 4 is 23.9 Å². The minimum atomic E-state index is -0.677. The molecule has 0 atom stereocenters. The maximum absolute atomic E-state index is 10.0. The van der Waals surface area contributed by atoms with Crippen LogP contribution in [-0.2, 0) is 40.2 Å². The van der Waals surface area contributed by atoms with Crippen LogP contribution in [0.1, 0.15) is 158 Å². The molecule has 0 aliphatic heterocycles. The monoisotopic (exact) mass is 674 g/mol. The van der Waals surface area contributed by atoms with E-state index in [4.69, 9.17) is 20.4 Å². The number of rotatable bonds is 20. The van der Waals surface area contributed by atoms with E-state index in [-0.39, 0.29) is 21.1 Å². The second-order valence-corrected chi connectivity index (χ2v) is 12.1. The largest absolute Gasteiger partial charge is 0.481 e. The summed E-state index contributed by atoms with van der Waals surface area (Å²) in [4.78, 5) is 40.2. The van der Waals surface area contributed by atoms with Gasteiger partial charge in [0, 0.05) is 46.7 Å². The summed E-state index contributed by atoms with van der Waals surface area (Å²) >= 11 is 0. The summed E-state index contributed by atoms with van der Waals surface area (Å²) in [5.74, 6) is 0.102. The topological polar surface area (TPSA) is 149 Å². The van der Waals surface area contributed by atoms with Gasteiger partial charge >= 0.3 is 23.9 Å². The Hall–Kier alpha value is -1.43. The summed E-state index contributed by atoms with van der Waals surface area (Å²) in [6, 6.07) is 0. The Morgan fingerprint density at radius 2 is 0.512 bits per heavy atom.